The van der Waals surface area contributed by atoms with Gasteiger partial charge in [-0.05, 0) is 20.1 Å². The first-order valence-corrected chi connectivity index (χ1v) is 3.10. The zero-order valence-corrected chi connectivity index (χ0v) is 5.89. The number of hydrogen-bond acceptors (Lipinski definition) is 3. The van der Waals surface area contributed by atoms with Gasteiger partial charge < -0.3 is 10.5 Å². The van der Waals surface area contributed by atoms with Crippen molar-refractivity contribution in [1.29, 1.82) is 5.41 Å². The van der Waals surface area contributed by atoms with Crippen LogP contribution in [-0.2, 0) is 0 Å². The summed E-state index contributed by atoms with van der Waals surface area (Å²) in [7, 11) is 0. The van der Waals surface area contributed by atoms with Crippen LogP contribution in [0, 0.1) is 5.41 Å². The van der Waals surface area contributed by atoms with Gasteiger partial charge in [-0.15, -0.1) is 0 Å². The van der Waals surface area contributed by atoms with E-state index >= 15 is 0 Å². The number of nitrogens with one attached hydrogen (secondary N) is 2. The van der Waals surface area contributed by atoms with Crippen molar-refractivity contribution in [3.63, 3.8) is 0 Å². The third kappa shape index (κ3) is 5.46. The maximum absolute atomic E-state index is 8.96. The molecule has 0 aromatic rings. The van der Waals surface area contributed by atoms with Crippen LogP contribution < -0.4 is 5.32 Å². The maximum atomic E-state index is 8.96. The Bertz CT molecular complexity index is 83.1. The smallest absolute Gasteiger partial charge is 0.110 e. The Morgan fingerprint density at radius 2 is 2.22 bits per heavy atom. The van der Waals surface area contributed by atoms with Gasteiger partial charge >= 0.3 is 0 Å². The molecule has 1 unspecified atom stereocenters. The molecule has 0 aliphatic carbocycles. The summed E-state index contributed by atoms with van der Waals surface area (Å²) >= 11 is 0. The number of hydrogen-bond donors (Lipinski definition) is 3. The van der Waals surface area contributed by atoms with Crippen molar-refractivity contribution in [2.45, 2.75) is 32.5 Å². The lowest BCUT2D eigenvalue weighted by Crippen LogP contribution is -2.34. The fraction of sp³-hybridized carbons (Fsp3) is 0.833. The number of aliphatic hydroxyl groups excluding tert-OH is 1. The maximum Gasteiger partial charge on any atom is 0.110 e. The molecule has 0 radical (unpaired) electrons. The minimum absolute atomic E-state index is 0.278. The Kier molecular flexibility index (Phi) is 4.26. The van der Waals surface area contributed by atoms with Gasteiger partial charge in [-0.2, -0.15) is 0 Å². The molecule has 0 aliphatic heterocycles. The van der Waals surface area contributed by atoms with Gasteiger partial charge in [0.15, 0.2) is 0 Å². The van der Waals surface area contributed by atoms with E-state index in [1.807, 2.05) is 13.8 Å². The van der Waals surface area contributed by atoms with E-state index in [0.717, 1.165) is 0 Å². The third-order valence-electron chi connectivity index (χ3n) is 0.867. The van der Waals surface area contributed by atoms with Gasteiger partial charge in [-0.25, -0.2) is 0 Å². The molecule has 0 heterocycles. The van der Waals surface area contributed by atoms with Gasteiger partial charge in [0.25, 0.3) is 0 Å². The SMILES string of the molecule is CC(C)NC(O)CC=N. The molecule has 54 valence electrons. The second-order valence-electron chi connectivity index (χ2n) is 2.28. The number of rotatable bonds is 4. The molecule has 0 rings (SSSR count). The molecule has 0 saturated heterocycles. The Hall–Kier alpha value is -0.410. The molecular weight excluding hydrogens is 116 g/mol. The molecule has 0 aliphatic rings. The van der Waals surface area contributed by atoms with Crippen LogP contribution in [0.5, 0.6) is 0 Å². The highest BCUT2D eigenvalue weighted by Crippen LogP contribution is 1.85. The molecule has 0 aromatic carbocycles. The standard InChI is InChI=1S/C6H14N2O/c1-5(2)8-6(9)3-4-7/h4-9H,3H2,1-2H3. The van der Waals surface area contributed by atoms with Gasteiger partial charge in [0.1, 0.15) is 6.23 Å². The van der Waals surface area contributed by atoms with Gasteiger partial charge in [0, 0.05) is 12.5 Å². The Balaban J connectivity index is 3.25. The molecule has 0 aromatic heterocycles. The minimum atomic E-state index is -0.553. The first-order valence-electron chi connectivity index (χ1n) is 3.10. The lowest BCUT2D eigenvalue weighted by Gasteiger charge is -2.12. The zero-order valence-electron chi connectivity index (χ0n) is 5.89. The second kappa shape index (κ2) is 4.47. The largest absolute Gasteiger partial charge is 0.378 e. The van der Waals surface area contributed by atoms with Crippen LogP contribution in [0.2, 0.25) is 0 Å². The normalized spacial score (nSPS) is 13.8. The molecule has 3 heteroatoms. The summed E-state index contributed by atoms with van der Waals surface area (Å²) in [6, 6.07) is 0.278. The van der Waals surface area contributed by atoms with Crippen molar-refractivity contribution in [2.75, 3.05) is 0 Å². The average molecular weight is 130 g/mol. The van der Waals surface area contributed by atoms with E-state index in [9.17, 15) is 0 Å². The Labute approximate surface area is 55.6 Å². The molecule has 0 saturated carbocycles. The van der Waals surface area contributed by atoms with Crippen LogP contribution in [-0.4, -0.2) is 23.6 Å². The van der Waals surface area contributed by atoms with Crippen LogP contribution in [0.25, 0.3) is 0 Å². The fourth-order valence-electron chi connectivity index (χ4n) is 0.564. The van der Waals surface area contributed by atoms with Crippen molar-refractivity contribution >= 4 is 6.21 Å². The zero-order chi connectivity index (χ0) is 7.28. The predicted molar refractivity (Wildman–Crippen MR) is 37.7 cm³/mol. The molecule has 1 atom stereocenters. The van der Waals surface area contributed by atoms with Gasteiger partial charge in [0.2, 0.25) is 0 Å². The molecule has 3 N–H and O–H groups in total. The summed E-state index contributed by atoms with van der Waals surface area (Å²) in [4.78, 5) is 0. The van der Waals surface area contributed by atoms with Crippen LogP contribution in [0.3, 0.4) is 0 Å². The Morgan fingerprint density at radius 1 is 1.67 bits per heavy atom. The molecule has 0 fully saturated rings. The predicted octanol–water partition coefficient (Wildman–Crippen LogP) is 0.342. The topological polar surface area (TPSA) is 56.1 Å². The van der Waals surface area contributed by atoms with Crippen molar-refractivity contribution in [3.05, 3.63) is 0 Å². The fourth-order valence-corrected chi connectivity index (χ4v) is 0.564. The summed E-state index contributed by atoms with van der Waals surface area (Å²) in [6.45, 7) is 3.90. The van der Waals surface area contributed by atoms with E-state index in [0.29, 0.717) is 6.42 Å². The van der Waals surface area contributed by atoms with E-state index in [4.69, 9.17) is 10.5 Å². The van der Waals surface area contributed by atoms with Crippen molar-refractivity contribution in [1.82, 2.24) is 5.32 Å². The Morgan fingerprint density at radius 3 is 2.56 bits per heavy atom. The van der Waals surface area contributed by atoms with Gasteiger partial charge in [-0.3, -0.25) is 5.32 Å². The van der Waals surface area contributed by atoms with E-state index in [1.54, 1.807) is 0 Å². The minimum Gasteiger partial charge on any atom is -0.378 e. The summed E-state index contributed by atoms with van der Waals surface area (Å²) in [5, 5.41) is 18.5. The van der Waals surface area contributed by atoms with Crippen LogP contribution >= 0.6 is 0 Å². The van der Waals surface area contributed by atoms with Crippen molar-refractivity contribution in [3.8, 4) is 0 Å². The first kappa shape index (κ1) is 8.59. The summed E-state index contributed by atoms with van der Waals surface area (Å²) in [5.41, 5.74) is 0. The monoisotopic (exact) mass is 130 g/mol. The van der Waals surface area contributed by atoms with Crippen molar-refractivity contribution in [2.24, 2.45) is 0 Å². The summed E-state index contributed by atoms with van der Waals surface area (Å²) < 4.78 is 0. The highest BCUT2D eigenvalue weighted by Gasteiger charge is 2.00. The second-order valence-corrected chi connectivity index (χ2v) is 2.28. The molecular formula is C6H14N2O. The molecule has 0 bridgehead atoms. The van der Waals surface area contributed by atoms with Gasteiger partial charge in [0.05, 0.1) is 0 Å². The molecule has 9 heavy (non-hydrogen) atoms. The lowest BCUT2D eigenvalue weighted by molar-refractivity contribution is 0.135. The molecule has 0 spiro atoms. The first-order chi connectivity index (χ1) is 4.16. The van der Waals surface area contributed by atoms with E-state index in [1.165, 1.54) is 6.21 Å². The highest BCUT2D eigenvalue weighted by atomic mass is 16.3. The summed E-state index contributed by atoms with van der Waals surface area (Å²) in [6.07, 6.45) is 1.03. The van der Waals surface area contributed by atoms with Crippen LogP contribution in [0.15, 0.2) is 0 Å². The van der Waals surface area contributed by atoms with Crippen LogP contribution in [0.4, 0.5) is 0 Å². The summed E-state index contributed by atoms with van der Waals surface area (Å²) in [5.74, 6) is 0. The van der Waals surface area contributed by atoms with E-state index in [-0.39, 0.29) is 6.04 Å². The van der Waals surface area contributed by atoms with Crippen LogP contribution in [0.1, 0.15) is 20.3 Å². The average Bonchev–Trinajstić information content (AvgIpc) is 1.63. The molecule has 3 nitrogen and oxygen atoms in total. The highest BCUT2D eigenvalue weighted by molar-refractivity contribution is 5.53. The van der Waals surface area contributed by atoms with E-state index < -0.39 is 6.23 Å². The molecule has 0 amide bonds. The lowest BCUT2D eigenvalue weighted by atomic mass is 10.3. The third-order valence-corrected chi connectivity index (χ3v) is 0.867. The number of aliphatic hydroxyl groups is 1. The quantitative estimate of drug-likeness (QED) is 0.380. The van der Waals surface area contributed by atoms with Gasteiger partial charge in [-0.1, -0.05) is 0 Å². The van der Waals surface area contributed by atoms with E-state index in [2.05, 4.69) is 5.32 Å². The van der Waals surface area contributed by atoms with Crippen molar-refractivity contribution < 1.29 is 5.11 Å².